The van der Waals surface area contributed by atoms with Crippen molar-refractivity contribution in [3.05, 3.63) is 46.0 Å². The number of esters is 1. The summed E-state index contributed by atoms with van der Waals surface area (Å²) in [5.41, 5.74) is 0.882. The Hall–Kier alpha value is -3.48. The molecular formula is C20H18O7. The molecule has 2 aromatic rings. The van der Waals surface area contributed by atoms with E-state index in [0.717, 1.165) is 0 Å². The second-order valence-corrected chi connectivity index (χ2v) is 6.29. The molecule has 2 aromatic carbocycles. The molecule has 0 atom stereocenters. The second-order valence-electron chi connectivity index (χ2n) is 6.29. The number of hydrogen-bond donors (Lipinski definition) is 3. The molecule has 7 nitrogen and oxygen atoms in total. The van der Waals surface area contributed by atoms with Gasteiger partial charge in [0.1, 0.15) is 28.4 Å². The van der Waals surface area contributed by atoms with Crippen molar-refractivity contribution in [2.24, 2.45) is 0 Å². The molecule has 3 rings (SSSR count). The predicted molar refractivity (Wildman–Crippen MR) is 97.0 cm³/mol. The third-order valence-electron chi connectivity index (χ3n) is 4.55. The van der Waals surface area contributed by atoms with Crippen molar-refractivity contribution in [3.63, 3.8) is 0 Å². The third-order valence-corrected chi connectivity index (χ3v) is 4.55. The zero-order valence-electron chi connectivity index (χ0n) is 15.2. The van der Waals surface area contributed by atoms with Gasteiger partial charge >= 0.3 is 11.9 Å². The molecule has 27 heavy (non-hydrogen) atoms. The number of phenols is 2. The number of rotatable bonds is 2. The number of carboxylic acid groups (broad SMARTS) is 1. The standard InChI is InChI=1S/C20H18O7/c1-5-8(2)14-15(19(23)24)16(22)10(4)17-18(14)26-12-7-11(21)6-9(3)13(12)20(25)27-17/h5-7,21-22H,1-4H3,(H,23,24)/b8-5+. The summed E-state index contributed by atoms with van der Waals surface area (Å²) in [5, 5.41) is 30.0. The van der Waals surface area contributed by atoms with Gasteiger partial charge in [0.25, 0.3) is 0 Å². The quantitative estimate of drug-likeness (QED) is 0.537. The van der Waals surface area contributed by atoms with Crippen LogP contribution in [0.2, 0.25) is 0 Å². The van der Waals surface area contributed by atoms with E-state index in [-0.39, 0.29) is 45.3 Å². The number of fused-ring (bicyclic) bond motifs is 2. The monoisotopic (exact) mass is 370 g/mol. The molecule has 7 heteroatoms. The molecule has 3 N–H and O–H groups in total. The Morgan fingerprint density at radius 1 is 1.07 bits per heavy atom. The molecule has 0 aromatic heterocycles. The number of phenolic OH excluding ortho intramolecular Hbond substituents is 1. The first kappa shape index (κ1) is 18.3. The Morgan fingerprint density at radius 2 is 1.74 bits per heavy atom. The van der Waals surface area contributed by atoms with Gasteiger partial charge in [0.2, 0.25) is 0 Å². The van der Waals surface area contributed by atoms with E-state index in [1.165, 1.54) is 19.1 Å². The number of benzene rings is 2. The Labute approximate surface area is 155 Å². The van der Waals surface area contributed by atoms with Gasteiger partial charge in [-0.3, -0.25) is 0 Å². The van der Waals surface area contributed by atoms with Crippen LogP contribution in [0.15, 0.2) is 18.2 Å². The van der Waals surface area contributed by atoms with E-state index in [9.17, 15) is 24.9 Å². The molecule has 0 saturated carbocycles. The van der Waals surface area contributed by atoms with Gasteiger partial charge in [-0.15, -0.1) is 0 Å². The number of carboxylic acids is 1. The normalized spacial score (nSPS) is 13.2. The number of aryl methyl sites for hydroxylation is 1. The maximum atomic E-state index is 12.6. The summed E-state index contributed by atoms with van der Waals surface area (Å²) in [5.74, 6) is -2.70. The molecular weight excluding hydrogens is 352 g/mol. The van der Waals surface area contributed by atoms with Gasteiger partial charge in [0, 0.05) is 17.2 Å². The first-order valence-electron chi connectivity index (χ1n) is 8.17. The molecule has 0 unspecified atom stereocenters. The van der Waals surface area contributed by atoms with Crippen LogP contribution in [0.4, 0.5) is 0 Å². The molecule has 1 aliphatic heterocycles. The number of hydrogen-bond acceptors (Lipinski definition) is 6. The average molecular weight is 370 g/mol. The van der Waals surface area contributed by atoms with Crippen LogP contribution in [0.5, 0.6) is 28.7 Å². The average Bonchev–Trinajstić information content (AvgIpc) is 2.73. The van der Waals surface area contributed by atoms with Crippen LogP contribution in [-0.2, 0) is 0 Å². The number of allylic oxidation sites excluding steroid dienone is 2. The number of carbonyl (C=O) groups is 2. The van der Waals surface area contributed by atoms with Crippen LogP contribution < -0.4 is 9.47 Å². The summed E-state index contributed by atoms with van der Waals surface area (Å²) in [4.78, 5) is 24.5. The lowest BCUT2D eigenvalue weighted by Crippen LogP contribution is -2.11. The second kappa shape index (κ2) is 6.35. The van der Waals surface area contributed by atoms with Crippen molar-refractivity contribution in [2.75, 3.05) is 0 Å². The van der Waals surface area contributed by atoms with Gasteiger partial charge < -0.3 is 24.8 Å². The fourth-order valence-electron chi connectivity index (χ4n) is 3.09. The highest BCUT2D eigenvalue weighted by Gasteiger charge is 2.34. The minimum absolute atomic E-state index is 0.00426. The lowest BCUT2D eigenvalue weighted by Gasteiger charge is -2.19. The van der Waals surface area contributed by atoms with Crippen molar-refractivity contribution in [3.8, 4) is 28.7 Å². The van der Waals surface area contributed by atoms with E-state index in [0.29, 0.717) is 11.1 Å². The van der Waals surface area contributed by atoms with Gasteiger partial charge in [0.15, 0.2) is 11.5 Å². The minimum Gasteiger partial charge on any atom is -0.508 e. The van der Waals surface area contributed by atoms with E-state index >= 15 is 0 Å². The zero-order chi connectivity index (χ0) is 20.0. The Balaban J connectivity index is 2.45. The largest absolute Gasteiger partial charge is 0.508 e. The van der Waals surface area contributed by atoms with E-state index in [2.05, 4.69) is 0 Å². The van der Waals surface area contributed by atoms with E-state index in [4.69, 9.17) is 9.47 Å². The van der Waals surface area contributed by atoms with Crippen LogP contribution in [0.25, 0.3) is 5.57 Å². The van der Waals surface area contributed by atoms with Crippen molar-refractivity contribution in [1.82, 2.24) is 0 Å². The fourth-order valence-corrected chi connectivity index (χ4v) is 3.09. The SMILES string of the molecule is C/C=C(\C)c1c2c(c(C)c(O)c1C(=O)O)OC(=O)c1c(C)cc(O)cc1O2. The van der Waals surface area contributed by atoms with Crippen molar-refractivity contribution in [2.45, 2.75) is 27.7 Å². The smallest absolute Gasteiger partial charge is 0.347 e. The lowest BCUT2D eigenvalue weighted by molar-refractivity contribution is 0.0692. The predicted octanol–water partition coefficient (Wildman–Crippen LogP) is 4.16. The van der Waals surface area contributed by atoms with Crippen LogP contribution in [0.1, 0.15) is 51.3 Å². The van der Waals surface area contributed by atoms with Crippen molar-refractivity contribution in [1.29, 1.82) is 0 Å². The molecule has 0 spiro atoms. The molecule has 0 radical (unpaired) electrons. The summed E-state index contributed by atoms with van der Waals surface area (Å²) in [6.45, 7) is 6.41. The fraction of sp³-hybridized carbons (Fsp3) is 0.200. The van der Waals surface area contributed by atoms with Crippen LogP contribution in [-0.4, -0.2) is 27.3 Å². The van der Waals surface area contributed by atoms with Crippen LogP contribution in [0.3, 0.4) is 0 Å². The molecule has 140 valence electrons. The van der Waals surface area contributed by atoms with Crippen LogP contribution >= 0.6 is 0 Å². The van der Waals surface area contributed by atoms with E-state index in [1.54, 1.807) is 26.8 Å². The van der Waals surface area contributed by atoms with E-state index in [1.807, 2.05) is 0 Å². The number of aromatic carboxylic acids is 1. The highest BCUT2D eigenvalue weighted by Crippen LogP contribution is 2.50. The molecule has 1 aliphatic rings. The minimum atomic E-state index is -1.35. The third kappa shape index (κ3) is 2.77. The topological polar surface area (TPSA) is 113 Å². The Morgan fingerprint density at radius 3 is 2.33 bits per heavy atom. The highest BCUT2D eigenvalue weighted by molar-refractivity contribution is 6.02. The van der Waals surface area contributed by atoms with Gasteiger partial charge in [0.05, 0.1) is 0 Å². The summed E-state index contributed by atoms with van der Waals surface area (Å²) < 4.78 is 11.4. The number of aromatic hydroxyl groups is 2. The zero-order valence-corrected chi connectivity index (χ0v) is 15.2. The summed E-state index contributed by atoms with van der Waals surface area (Å²) >= 11 is 0. The molecule has 0 amide bonds. The van der Waals surface area contributed by atoms with Crippen molar-refractivity contribution < 1.29 is 34.4 Å². The molecule has 0 bridgehead atoms. The van der Waals surface area contributed by atoms with Gasteiger partial charge in [-0.25, -0.2) is 9.59 Å². The van der Waals surface area contributed by atoms with E-state index < -0.39 is 17.7 Å². The Bertz CT molecular complexity index is 1030. The van der Waals surface area contributed by atoms with Gasteiger partial charge in [-0.1, -0.05) is 6.08 Å². The van der Waals surface area contributed by atoms with Crippen molar-refractivity contribution >= 4 is 17.5 Å². The van der Waals surface area contributed by atoms with Gasteiger partial charge in [-0.05, 0) is 44.9 Å². The number of ether oxygens (including phenoxy) is 2. The first-order chi connectivity index (χ1) is 12.7. The molecule has 0 aliphatic carbocycles. The lowest BCUT2D eigenvalue weighted by atomic mass is 9.95. The molecule has 0 saturated heterocycles. The maximum Gasteiger partial charge on any atom is 0.347 e. The number of carbonyl (C=O) groups excluding carboxylic acids is 1. The summed E-state index contributed by atoms with van der Waals surface area (Å²) in [6, 6.07) is 2.65. The highest BCUT2D eigenvalue weighted by atomic mass is 16.6. The Kier molecular flexibility index (Phi) is 4.31. The first-order valence-corrected chi connectivity index (χ1v) is 8.17. The van der Waals surface area contributed by atoms with Crippen LogP contribution in [0, 0.1) is 13.8 Å². The molecule has 0 fully saturated rings. The van der Waals surface area contributed by atoms with Gasteiger partial charge in [-0.2, -0.15) is 0 Å². The summed E-state index contributed by atoms with van der Waals surface area (Å²) in [7, 11) is 0. The maximum absolute atomic E-state index is 12.6. The molecule has 1 heterocycles. The summed E-state index contributed by atoms with van der Waals surface area (Å²) in [6.07, 6.45) is 1.65.